The van der Waals surface area contributed by atoms with Gasteiger partial charge in [0.25, 0.3) is 0 Å². The SMILES string of the molecule is CCCC(=O)C1=C(O)C(Cc2c(O)c(C(=O)CCC)c(O)c3c2OC(C)(C)C=C3)=C(O)[C@@](C)(CC=C(C)CCC=C(C)C)C1=O. The van der Waals surface area contributed by atoms with Crippen molar-refractivity contribution < 1.29 is 39.5 Å². The number of hydrogen-bond donors (Lipinski definition) is 4. The molecule has 0 fully saturated rings. The first kappa shape index (κ1) is 35.4. The van der Waals surface area contributed by atoms with Crippen LogP contribution in [-0.2, 0) is 16.0 Å². The molecule has 0 aromatic heterocycles. The van der Waals surface area contributed by atoms with E-state index in [1.54, 1.807) is 46.8 Å². The maximum absolute atomic E-state index is 13.9. The van der Waals surface area contributed by atoms with Crippen LogP contribution < -0.4 is 4.74 Å². The number of Topliss-reactive ketones (excluding diaryl/α,β-unsaturated/α-hetero) is 3. The van der Waals surface area contributed by atoms with Crippen LogP contribution in [0.3, 0.4) is 0 Å². The average molecular weight is 621 g/mol. The molecule has 0 spiro atoms. The van der Waals surface area contributed by atoms with Gasteiger partial charge in [0.05, 0.1) is 11.0 Å². The summed E-state index contributed by atoms with van der Waals surface area (Å²) in [5.41, 5.74) is -0.806. The number of ketones is 3. The summed E-state index contributed by atoms with van der Waals surface area (Å²) in [5.74, 6) is -3.69. The molecule has 0 amide bonds. The molecule has 45 heavy (non-hydrogen) atoms. The Morgan fingerprint density at radius 2 is 1.51 bits per heavy atom. The van der Waals surface area contributed by atoms with E-state index in [0.717, 1.165) is 18.4 Å². The molecule has 8 heteroatoms. The van der Waals surface area contributed by atoms with E-state index in [2.05, 4.69) is 6.08 Å². The molecule has 1 aromatic carbocycles. The fraction of sp³-hybridized carbons (Fsp3) is 0.486. The number of fused-ring (bicyclic) bond motifs is 1. The van der Waals surface area contributed by atoms with Crippen molar-refractivity contribution in [2.45, 2.75) is 112 Å². The third-order valence-corrected chi connectivity index (χ3v) is 8.42. The Labute approximate surface area is 266 Å². The second kappa shape index (κ2) is 13.9. The second-order valence-corrected chi connectivity index (χ2v) is 13.1. The van der Waals surface area contributed by atoms with E-state index in [9.17, 15) is 34.8 Å². The molecule has 244 valence electrons. The molecule has 3 rings (SSSR count). The molecule has 0 saturated heterocycles. The van der Waals surface area contributed by atoms with Crippen molar-refractivity contribution >= 4 is 23.4 Å². The van der Waals surface area contributed by atoms with Crippen LogP contribution in [0.25, 0.3) is 6.08 Å². The van der Waals surface area contributed by atoms with Gasteiger partial charge in [-0.25, -0.2) is 0 Å². The van der Waals surface area contributed by atoms with Gasteiger partial charge >= 0.3 is 0 Å². The summed E-state index contributed by atoms with van der Waals surface area (Å²) in [7, 11) is 0. The predicted molar refractivity (Wildman–Crippen MR) is 176 cm³/mol. The quantitative estimate of drug-likeness (QED) is 0.0977. The molecule has 1 atom stereocenters. The number of phenols is 2. The molecular weight excluding hydrogens is 572 g/mol. The summed E-state index contributed by atoms with van der Waals surface area (Å²) in [6.45, 7) is 14.7. The van der Waals surface area contributed by atoms with Crippen LogP contribution in [0, 0.1) is 5.41 Å². The van der Waals surface area contributed by atoms with E-state index < -0.39 is 57.0 Å². The Morgan fingerprint density at radius 1 is 0.889 bits per heavy atom. The highest BCUT2D eigenvalue weighted by Gasteiger charge is 2.48. The lowest BCUT2D eigenvalue weighted by atomic mass is 9.69. The van der Waals surface area contributed by atoms with Crippen LogP contribution in [-0.4, -0.2) is 43.4 Å². The first-order chi connectivity index (χ1) is 21.0. The number of carbonyl (C=O) groups is 3. The molecule has 1 aromatic rings. The van der Waals surface area contributed by atoms with Gasteiger partial charge in [0.1, 0.15) is 45.5 Å². The van der Waals surface area contributed by atoms with E-state index in [4.69, 9.17) is 4.74 Å². The largest absolute Gasteiger partial charge is 0.511 e. The van der Waals surface area contributed by atoms with E-state index >= 15 is 0 Å². The molecule has 8 nitrogen and oxygen atoms in total. The van der Waals surface area contributed by atoms with Crippen molar-refractivity contribution in [2.24, 2.45) is 5.41 Å². The molecule has 1 heterocycles. The molecule has 4 N–H and O–H groups in total. The molecule has 0 saturated carbocycles. The highest BCUT2D eigenvalue weighted by molar-refractivity contribution is 6.24. The highest BCUT2D eigenvalue weighted by Crippen LogP contribution is 2.50. The fourth-order valence-electron chi connectivity index (χ4n) is 5.71. The standard InChI is InChI=1S/C37H48O8/c1-9-12-26(38)28-30(40)23-17-18-36(6,7)45-33(23)24(31(28)41)20-25-32(42)29(27(39)13-10-2)35(44)37(8,34(25)43)19-16-22(5)15-11-14-21(3)4/h14,16-18,40-43H,9-13,15,19-20H2,1-8H3/t37-/m1/s1. The Balaban J connectivity index is 2.27. The lowest BCUT2D eigenvalue weighted by Crippen LogP contribution is -2.39. The van der Waals surface area contributed by atoms with E-state index in [-0.39, 0.29) is 53.7 Å². The minimum Gasteiger partial charge on any atom is -0.511 e. The maximum atomic E-state index is 13.9. The van der Waals surface area contributed by atoms with Gasteiger partial charge in [-0.3, -0.25) is 14.4 Å². The van der Waals surface area contributed by atoms with Crippen LogP contribution in [0.5, 0.6) is 17.2 Å². The van der Waals surface area contributed by atoms with Crippen molar-refractivity contribution in [3.05, 3.63) is 68.7 Å². The van der Waals surface area contributed by atoms with Crippen LogP contribution in [0.15, 0.2) is 52.0 Å². The van der Waals surface area contributed by atoms with Gasteiger partial charge in [0.15, 0.2) is 17.3 Å². The molecule has 2 aliphatic rings. The molecule has 0 unspecified atom stereocenters. The van der Waals surface area contributed by atoms with Crippen molar-refractivity contribution in [3.63, 3.8) is 0 Å². The van der Waals surface area contributed by atoms with E-state index in [0.29, 0.717) is 12.8 Å². The van der Waals surface area contributed by atoms with Gasteiger partial charge in [-0.05, 0) is 85.8 Å². The number of phenolic OH excluding ortho intramolecular Hbond substituents is 2. The number of ether oxygens (including phenoxy) is 1. The molecule has 1 aliphatic heterocycles. The summed E-state index contributed by atoms with van der Waals surface area (Å²) in [6, 6.07) is 0. The van der Waals surface area contributed by atoms with Crippen LogP contribution in [0.4, 0.5) is 0 Å². The highest BCUT2D eigenvalue weighted by atomic mass is 16.5. The first-order valence-corrected chi connectivity index (χ1v) is 15.8. The number of carbonyl (C=O) groups excluding carboxylic acids is 3. The zero-order valence-electron chi connectivity index (χ0n) is 27.9. The molecule has 1 aliphatic carbocycles. The third kappa shape index (κ3) is 7.26. The monoisotopic (exact) mass is 620 g/mol. The summed E-state index contributed by atoms with van der Waals surface area (Å²) in [6.07, 6.45) is 9.57. The van der Waals surface area contributed by atoms with Gasteiger partial charge in [0.2, 0.25) is 0 Å². The Morgan fingerprint density at radius 3 is 2.11 bits per heavy atom. The zero-order chi connectivity index (χ0) is 33.9. The smallest absolute Gasteiger partial charge is 0.183 e. The van der Waals surface area contributed by atoms with Gasteiger partial charge in [-0.2, -0.15) is 0 Å². The minimum atomic E-state index is -1.58. The van der Waals surface area contributed by atoms with Crippen LogP contribution in [0.2, 0.25) is 0 Å². The normalized spacial score (nSPS) is 19.4. The zero-order valence-corrected chi connectivity index (χ0v) is 27.9. The Hall–Kier alpha value is -4.07. The maximum Gasteiger partial charge on any atom is 0.183 e. The number of aliphatic hydroxyl groups excluding tert-OH is 2. The second-order valence-electron chi connectivity index (χ2n) is 13.1. The van der Waals surface area contributed by atoms with Gasteiger partial charge in [-0.15, -0.1) is 0 Å². The summed E-state index contributed by atoms with van der Waals surface area (Å²) in [5, 5.41) is 45.8. The molecular formula is C37H48O8. The van der Waals surface area contributed by atoms with Gasteiger partial charge in [0, 0.05) is 30.4 Å². The minimum absolute atomic E-state index is 0.0183. The van der Waals surface area contributed by atoms with E-state index in [1.165, 1.54) is 5.57 Å². The first-order valence-electron chi connectivity index (χ1n) is 15.8. The average Bonchev–Trinajstić information content (AvgIpc) is 2.94. The molecule has 0 radical (unpaired) electrons. The number of aromatic hydroxyl groups is 2. The Kier molecular flexibility index (Phi) is 11.0. The van der Waals surface area contributed by atoms with E-state index in [1.807, 2.05) is 26.8 Å². The number of hydrogen-bond acceptors (Lipinski definition) is 8. The number of aliphatic hydroxyl groups is 2. The summed E-state index contributed by atoms with van der Waals surface area (Å²) in [4.78, 5) is 40.3. The third-order valence-electron chi connectivity index (χ3n) is 8.42. The van der Waals surface area contributed by atoms with Crippen molar-refractivity contribution in [1.29, 1.82) is 0 Å². The van der Waals surface area contributed by atoms with Gasteiger partial charge < -0.3 is 25.2 Å². The number of rotatable bonds is 13. The predicted octanol–water partition coefficient (Wildman–Crippen LogP) is 8.47. The van der Waals surface area contributed by atoms with Crippen molar-refractivity contribution in [2.75, 3.05) is 0 Å². The van der Waals surface area contributed by atoms with Crippen LogP contribution >= 0.6 is 0 Å². The van der Waals surface area contributed by atoms with Crippen molar-refractivity contribution in [3.8, 4) is 17.2 Å². The van der Waals surface area contributed by atoms with Crippen molar-refractivity contribution in [1.82, 2.24) is 0 Å². The topological polar surface area (TPSA) is 141 Å². The summed E-state index contributed by atoms with van der Waals surface area (Å²) < 4.78 is 6.17. The number of allylic oxidation sites excluding steroid dienone is 7. The Bertz CT molecular complexity index is 1540. The fourth-order valence-corrected chi connectivity index (χ4v) is 5.71. The molecule has 0 bridgehead atoms. The van der Waals surface area contributed by atoms with Gasteiger partial charge in [-0.1, -0.05) is 37.1 Å². The lowest BCUT2D eigenvalue weighted by molar-refractivity contribution is -0.127. The summed E-state index contributed by atoms with van der Waals surface area (Å²) >= 11 is 0. The number of benzene rings is 1. The van der Waals surface area contributed by atoms with Crippen LogP contribution in [0.1, 0.15) is 122 Å². The lowest BCUT2D eigenvalue weighted by Gasteiger charge is -2.35.